The SMILES string of the molecule is COC1CC2(C1)NCCc1ccoc12. The monoisotopic (exact) mass is 193 g/mol. The Kier molecular flexibility index (Phi) is 1.73. The zero-order chi connectivity index (χ0) is 9.60. The fourth-order valence-electron chi connectivity index (χ4n) is 2.68. The van der Waals surface area contributed by atoms with Gasteiger partial charge in [-0.3, -0.25) is 0 Å². The fraction of sp³-hybridized carbons (Fsp3) is 0.636. The standard InChI is InChI=1S/C11H15NO2/c1-13-9-6-11(7-9)10-8(2-4-12-11)3-5-14-10/h3,5,9,12H,2,4,6-7H2,1H3. The Hall–Kier alpha value is -0.800. The van der Waals surface area contributed by atoms with Crippen LogP contribution in [0.25, 0.3) is 0 Å². The van der Waals surface area contributed by atoms with Crippen molar-refractivity contribution >= 4 is 0 Å². The fourth-order valence-corrected chi connectivity index (χ4v) is 2.68. The molecule has 1 aromatic rings. The molecule has 0 bridgehead atoms. The zero-order valence-electron chi connectivity index (χ0n) is 8.38. The minimum atomic E-state index is 0.0950. The molecular weight excluding hydrogens is 178 g/mol. The Bertz CT molecular complexity index is 339. The van der Waals surface area contributed by atoms with Gasteiger partial charge in [-0.2, -0.15) is 0 Å². The van der Waals surface area contributed by atoms with Crippen LogP contribution in [0.4, 0.5) is 0 Å². The van der Waals surface area contributed by atoms with E-state index in [0.717, 1.165) is 31.6 Å². The summed E-state index contributed by atoms with van der Waals surface area (Å²) in [4.78, 5) is 0. The quantitative estimate of drug-likeness (QED) is 0.732. The molecule has 14 heavy (non-hydrogen) atoms. The molecule has 3 heteroatoms. The average molecular weight is 193 g/mol. The molecule has 1 aliphatic carbocycles. The maximum absolute atomic E-state index is 5.59. The Morgan fingerprint density at radius 1 is 1.57 bits per heavy atom. The Morgan fingerprint density at radius 3 is 3.21 bits per heavy atom. The number of hydrogen-bond acceptors (Lipinski definition) is 3. The number of hydrogen-bond donors (Lipinski definition) is 1. The van der Waals surface area contributed by atoms with Gasteiger partial charge in [0.2, 0.25) is 0 Å². The molecule has 0 saturated heterocycles. The van der Waals surface area contributed by atoms with E-state index in [0.29, 0.717) is 6.10 Å². The van der Waals surface area contributed by atoms with Crippen LogP contribution < -0.4 is 5.32 Å². The number of ether oxygens (including phenoxy) is 1. The van der Waals surface area contributed by atoms with Crippen LogP contribution >= 0.6 is 0 Å². The van der Waals surface area contributed by atoms with Crippen molar-refractivity contribution in [3.8, 4) is 0 Å². The molecule has 0 amide bonds. The number of fused-ring (bicyclic) bond motifs is 2. The Balaban J connectivity index is 1.91. The van der Waals surface area contributed by atoms with Crippen molar-refractivity contribution in [1.82, 2.24) is 5.32 Å². The van der Waals surface area contributed by atoms with E-state index < -0.39 is 0 Å². The molecule has 1 saturated carbocycles. The van der Waals surface area contributed by atoms with Crippen molar-refractivity contribution in [2.24, 2.45) is 0 Å². The highest BCUT2D eigenvalue weighted by molar-refractivity contribution is 5.31. The smallest absolute Gasteiger partial charge is 0.127 e. The van der Waals surface area contributed by atoms with Crippen molar-refractivity contribution in [1.29, 1.82) is 0 Å². The van der Waals surface area contributed by atoms with Gasteiger partial charge in [0, 0.05) is 13.7 Å². The third-order valence-corrected chi connectivity index (χ3v) is 3.52. The number of methoxy groups -OCH3 is 1. The third kappa shape index (κ3) is 0.996. The molecule has 0 radical (unpaired) electrons. The van der Waals surface area contributed by atoms with Gasteiger partial charge in [-0.05, 0) is 30.9 Å². The van der Waals surface area contributed by atoms with E-state index in [1.807, 2.05) is 0 Å². The lowest BCUT2D eigenvalue weighted by Gasteiger charge is -2.48. The van der Waals surface area contributed by atoms with Crippen molar-refractivity contribution < 1.29 is 9.15 Å². The van der Waals surface area contributed by atoms with E-state index in [1.54, 1.807) is 13.4 Å². The molecule has 1 aromatic heterocycles. The van der Waals surface area contributed by atoms with Gasteiger partial charge in [0.05, 0.1) is 17.9 Å². The van der Waals surface area contributed by atoms with Crippen LogP contribution in [0.15, 0.2) is 16.7 Å². The van der Waals surface area contributed by atoms with E-state index in [1.165, 1.54) is 5.56 Å². The molecule has 1 fully saturated rings. The first-order valence-electron chi connectivity index (χ1n) is 5.19. The van der Waals surface area contributed by atoms with Crippen LogP contribution in [-0.4, -0.2) is 19.8 Å². The van der Waals surface area contributed by atoms with Crippen LogP contribution in [0.1, 0.15) is 24.2 Å². The van der Waals surface area contributed by atoms with Gasteiger partial charge in [-0.25, -0.2) is 0 Å². The Labute approximate surface area is 83.4 Å². The first kappa shape index (κ1) is 8.50. The summed E-state index contributed by atoms with van der Waals surface area (Å²) in [5.74, 6) is 1.15. The first-order chi connectivity index (χ1) is 6.84. The largest absolute Gasteiger partial charge is 0.467 e. The second-order valence-corrected chi connectivity index (χ2v) is 4.30. The molecular formula is C11H15NO2. The maximum atomic E-state index is 5.59. The van der Waals surface area contributed by atoms with Crippen molar-refractivity contribution in [3.05, 3.63) is 23.7 Å². The second-order valence-electron chi connectivity index (χ2n) is 4.30. The average Bonchev–Trinajstić information content (AvgIpc) is 2.61. The minimum Gasteiger partial charge on any atom is -0.467 e. The van der Waals surface area contributed by atoms with Gasteiger partial charge in [0.1, 0.15) is 5.76 Å². The second kappa shape index (κ2) is 2.84. The van der Waals surface area contributed by atoms with Gasteiger partial charge in [0.25, 0.3) is 0 Å². The number of rotatable bonds is 1. The summed E-state index contributed by atoms with van der Waals surface area (Å²) in [6.07, 6.45) is 5.39. The number of nitrogens with one attached hydrogen (secondary N) is 1. The maximum Gasteiger partial charge on any atom is 0.127 e. The lowest BCUT2D eigenvalue weighted by Crippen LogP contribution is -2.57. The highest BCUT2D eigenvalue weighted by atomic mass is 16.5. The summed E-state index contributed by atoms with van der Waals surface area (Å²) < 4.78 is 10.9. The van der Waals surface area contributed by atoms with Gasteiger partial charge in [0.15, 0.2) is 0 Å². The van der Waals surface area contributed by atoms with E-state index >= 15 is 0 Å². The number of furan rings is 1. The summed E-state index contributed by atoms with van der Waals surface area (Å²) in [7, 11) is 1.78. The molecule has 1 aliphatic heterocycles. The predicted octanol–water partition coefficient (Wildman–Crippen LogP) is 1.43. The molecule has 76 valence electrons. The summed E-state index contributed by atoms with van der Waals surface area (Å²) >= 11 is 0. The summed E-state index contributed by atoms with van der Waals surface area (Å²) in [6.45, 7) is 1.06. The van der Waals surface area contributed by atoms with E-state index in [2.05, 4.69) is 11.4 Å². The van der Waals surface area contributed by atoms with Gasteiger partial charge >= 0.3 is 0 Å². The molecule has 1 N–H and O–H groups in total. The van der Waals surface area contributed by atoms with Crippen LogP contribution in [-0.2, 0) is 16.7 Å². The van der Waals surface area contributed by atoms with Crippen LogP contribution in [0.2, 0.25) is 0 Å². The van der Waals surface area contributed by atoms with E-state index in [-0.39, 0.29) is 5.54 Å². The van der Waals surface area contributed by atoms with Crippen molar-refractivity contribution in [2.45, 2.75) is 30.9 Å². The molecule has 3 rings (SSSR count). The normalized spacial score (nSPS) is 35.4. The summed E-state index contributed by atoms with van der Waals surface area (Å²) in [5.41, 5.74) is 1.47. The highest BCUT2D eigenvalue weighted by Gasteiger charge is 2.50. The summed E-state index contributed by atoms with van der Waals surface area (Å²) in [5, 5.41) is 3.56. The van der Waals surface area contributed by atoms with E-state index in [4.69, 9.17) is 9.15 Å². The van der Waals surface area contributed by atoms with Crippen molar-refractivity contribution in [2.75, 3.05) is 13.7 Å². The summed E-state index contributed by atoms with van der Waals surface area (Å²) in [6, 6.07) is 2.10. The molecule has 2 heterocycles. The molecule has 0 unspecified atom stereocenters. The first-order valence-corrected chi connectivity index (χ1v) is 5.19. The Morgan fingerprint density at radius 2 is 2.43 bits per heavy atom. The van der Waals surface area contributed by atoms with Crippen LogP contribution in [0, 0.1) is 0 Å². The van der Waals surface area contributed by atoms with Gasteiger partial charge in [-0.15, -0.1) is 0 Å². The third-order valence-electron chi connectivity index (χ3n) is 3.52. The molecule has 0 atom stereocenters. The molecule has 3 nitrogen and oxygen atoms in total. The van der Waals surface area contributed by atoms with Gasteiger partial charge < -0.3 is 14.5 Å². The zero-order valence-corrected chi connectivity index (χ0v) is 8.38. The highest BCUT2D eigenvalue weighted by Crippen LogP contribution is 2.46. The molecule has 0 aromatic carbocycles. The lowest BCUT2D eigenvalue weighted by molar-refractivity contribution is -0.0447. The van der Waals surface area contributed by atoms with Crippen molar-refractivity contribution in [3.63, 3.8) is 0 Å². The molecule has 2 aliphatic rings. The predicted molar refractivity (Wildman–Crippen MR) is 52.1 cm³/mol. The molecule has 1 spiro atoms. The topological polar surface area (TPSA) is 34.4 Å². The van der Waals surface area contributed by atoms with Crippen LogP contribution in [0.3, 0.4) is 0 Å². The van der Waals surface area contributed by atoms with E-state index in [9.17, 15) is 0 Å². The lowest BCUT2D eigenvalue weighted by atomic mass is 9.70. The minimum absolute atomic E-state index is 0.0950. The van der Waals surface area contributed by atoms with Gasteiger partial charge in [-0.1, -0.05) is 0 Å². The van der Waals surface area contributed by atoms with Crippen LogP contribution in [0.5, 0.6) is 0 Å².